The summed E-state index contributed by atoms with van der Waals surface area (Å²) >= 11 is 11.6. The lowest BCUT2D eigenvalue weighted by Gasteiger charge is -2.20. The van der Waals surface area contributed by atoms with Gasteiger partial charge < -0.3 is 15.2 Å². The van der Waals surface area contributed by atoms with E-state index >= 15 is 0 Å². The van der Waals surface area contributed by atoms with Crippen molar-refractivity contribution in [3.05, 3.63) is 39.9 Å². The van der Waals surface area contributed by atoms with Gasteiger partial charge in [-0.25, -0.2) is 8.42 Å². The van der Waals surface area contributed by atoms with Crippen molar-refractivity contribution >= 4 is 45.1 Å². The van der Waals surface area contributed by atoms with E-state index in [2.05, 4.69) is 16.1 Å². The van der Waals surface area contributed by atoms with Crippen molar-refractivity contribution in [1.29, 1.82) is 0 Å². The lowest BCUT2D eigenvalue weighted by atomic mass is 9.97. The quantitative estimate of drug-likeness (QED) is 0.340. The van der Waals surface area contributed by atoms with Gasteiger partial charge in [0.15, 0.2) is 6.61 Å². The first kappa shape index (κ1) is 25.6. The molecule has 1 aromatic rings. The Morgan fingerprint density at radius 1 is 1.23 bits per heavy atom. The minimum atomic E-state index is -4.21. The molecule has 1 amide bonds. The van der Waals surface area contributed by atoms with Crippen molar-refractivity contribution in [3.8, 4) is 0 Å². The van der Waals surface area contributed by atoms with Gasteiger partial charge in [-0.1, -0.05) is 34.9 Å². The van der Waals surface area contributed by atoms with Gasteiger partial charge in [0.25, 0.3) is 5.91 Å². The van der Waals surface area contributed by atoms with Crippen LogP contribution in [0.3, 0.4) is 0 Å². The first-order valence-corrected chi connectivity index (χ1v) is 12.1. The van der Waals surface area contributed by atoms with Crippen LogP contribution in [-0.2, 0) is 24.3 Å². The zero-order chi connectivity index (χ0) is 23.0. The molecule has 0 heterocycles. The molecule has 172 valence electrons. The number of benzene rings is 1. The standard InChI is InChI=1S/C20H26Cl2N2O6S/c1-13(25)19(24-31(28,29)15-7-8-16(21)17(22)11-15)20(27)30-12-18(26)23-10-9-14-5-3-2-4-6-14/h5,7-8,11,13,19,24-25H,2-4,6,9-10,12H2,1H3,(H,23,26)/t13-,19+/m1/s1. The third-order valence-corrected chi connectivity index (χ3v) is 6.90. The zero-order valence-corrected chi connectivity index (χ0v) is 19.4. The predicted molar refractivity (Wildman–Crippen MR) is 117 cm³/mol. The molecule has 1 aromatic carbocycles. The number of carbonyl (C=O) groups excluding carboxylic acids is 2. The number of aliphatic hydroxyl groups excluding tert-OH is 1. The van der Waals surface area contributed by atoms with E-state index in [1.54, 1.807) is 0 Å². The molecular weight excluding hydrogens is 467 g/mol. The van der Waals surface area contributed by atoms with E-state index in [0.29, 0.717) is 6.54 Å². The number of esters is 1. The fraction of sp³-hybridized carbons (Fsp3) is 0.500. The van der Waals surface area contributed by atoms with Crippen LogP contribution < -0.4 is 10.0 Å². The predicted octanol–water partition coefficient (Wildman–Crippen LogP) is 2.57. The van der Waals surface area contributed by atoms with Gasteiger partial charge >= 0.3 is 5.97 Å². The average molecular weight is 493 g/mol. The molecule has 0 saturated heterocycles. The molecule has 2 atom stereocenters. The average Bonchev–Trinajstić information content (AvgIpc) is 2.72. The smallest absolute Gasteiger partial charge is 0.327 e. The van der Waals surface area contributed by atoms with Crippen LogP contribution in [0.25, 0.3) is 0 Å². The van der Waals surface area contributed by atoms with Crippen molar-refractivity contribution in [2.24, 2.45) is 0 Å². The highest BCUT2D eigenvalue weighted by Crippen LogP contribution is 2.25. The molecule has 0 aromatic heterocycles. The van der Waals surface area contributed by atoms with E-state index in [1.807, 2.05) is 0 Å². The largest absolute Gasteiger partial charge is 0.454 e. The van der Waals surface area contributed by atoms with Gasteiger partial charge in [0.05, 0.1) is 21.0 Å². The number of rotatable bonds is 10. The maximum atomic E-state index is 12.5. The molecule has 2 rings (SSSR count). The molecule has 0 radical (unpaired) electrons. The van der Waals surface area contributed by atoms with Crippen LogP contribution in [-0.4, -0.2) is 50.7 Å². The Labute approximate surface area is 192 Å². The van der Waals surface area contributed by atoms with Crippen molar-refractivity contribution in [2.75, 3.05) is 13.2 Å². The second-order valence-electron chi connectivity index (χ2n) is 7.23. The second-order valence-corrected chi connectivity index (χ2v) is 9.76. The Hall–Kier alpha value is -1.65. The topological polar surface area (TPSA) is 122 Å². The van der Waals surface area contributed by atoms with Gasteiger partial charge in [0.1, 0.15) is 6.04 Å². The third-order valence-electron chi connectivity index (χ3n) is 4.72. The number of ether oxygens (including phenoxy) is 1. The van der Waals surface area contributed by atoms with Crippen LogP contribution in [0.4, 0.5) is 0 Å². The third kappa shape index (κ3) is 8.08. The number of aliphatic hydroxyl groups is 1. The zero-order valence-electron chi connectivity index (χ0n) is 17.1. The number of nitrogens with one attached hydrogen (secondary N) is 2. The monoisotopic (exact) mass is 492 g/mol. The number of halogens is 2. The summed E-state index contributed by atoms with van der Waals surface area (Å²) in [7, 11) is -4.21. The van der Waals surface area contributed by atoms with Crippen LogP contribution in [0.2, 0.25) is 10.0 Å². The lowest BCUT2D eigenvalue weighted by molar-refractivity contribution is -0.152. The molecule has 0 spiro atoms. The Morgan fingerprint density at radius 3 is 2.58 bits per heavy atom. The number of carbonyl (C=O) groups is 2. The molecule has 8 nitrogen and oxygen atoms in total. The van der Waals surface area contributed by atoms with Crippen molar-refractivity contribution in [3.63, 3.8) is 0 Å². The van der Waals surface area contributed by atoms with Gasteiger partial charge in [-0.2, -0.15) is 4.72 Å². The Morgan fingerprint density at radius 2 is 1.97 bits per heavy atom. The van der Waals surface area contributed by atoms with Crippen molar-refractivity contribution < 1.29 is 27.9 Å². The van der Waals surface area contributed by atoms with Crippen molar-refractivity contribution in [1.82, 2.24) is 10.0 Å². The van der Waals surface area contributed by atoms with Gasteiger partial charge in [-0.3, -0.25) is 9.59 Å². The normalized spacial score (nSPS) is 16.2. The summed E-state index contributed by atoms with van der Waals surface area (Å²) in [6, 6.07) is 2.00. The Balaban J connectivity index is 1.88. The molecule has 0 bridgehead atoms. The van der Waals surface area contributed by atoms with Crippen LogP contribution in [0, 0.1) is 0 Å². The maximum absolute atomic E-state index is 12.5. The molecule has 11 heteroatoms. The summed E-state index contributed by atoms with van der Waals surface area (Å²) in [6.45, 7) is 1.06. The molecule has 3 N–H and O–H groups in total. The van der Waals surface area contributed by atoms with Gasteiger partial charge in [0.2, 0.25) is 10.0 Å². The molecule has 1 aliphatic rings. The van der Waals surface area contributed by atoms with E-state index in [9.17, 15) is 23.1 Å². The number of hydrogen-bond acceptors (Lipinski definition) is 6. The number of hydrogen-bond donors (Lipinski definition) is 3. The number of amides is 1. The first-order valence-electron chi connectivity index (χ1n) is 9.87. The van der Waals surface area contributed by atoms with Crippen LogP contribution in [0.1, 0.15) is 39.0 Å². The SMILES string of the molecule is C[C@@H](O)[C@H](NS(=O)(=O)c1ccc(Cl)c(Cl)c1)C(=O)OCC(=O)NCCC1=CCCCC1. The summed E-state index contributed by atoms with van der Waals surface area (Å²) in [5.74, 6) is -1.59. The molecule has 31 heavy (non-hydrogen) atoms. The van der Waals surface area contributed by atoms with Crippen LogP contribution >= 0.6 is 23.2 Å². The first-order chi connectivity index (χ1) is 14.6. The summed E-state index contributed by atoms with van der Waals surface area (Å²) in [5, 5.41) is 12.7. The van der Waals surface area contributed by atoms with Crippen LogP contribution in [0.15, 0.2) is 34.7 Å². The molecule has 0 unspecified atom stereocenters. The molecule has 0 aliphatic heterocycles. The highest BCUT2D eigenvalue weighted by molar-refractivity contribution is 7.89. The lowest BCUT2D eigenvalue weighted by Crippen LogP contribution is -2.49. The molecular formula is C20H26Cl2N2O6S. The fourth-order valence-corrected chi connectivity index (χ4v) is 4.64. The second kappa shape index (κ2) is 11.8. The fourth-order valence-electron chi connectivity index (χ4n) is 2.99. The highest BCUT2D eigenvalue weighted by atomic mass is 35.5. The Kier molecular flexibility index (Phi) is 9.77. The van der Waals surface area contributed by atoms with E-state index in [1.165, 1.54) is 31.1 Å². The Bertz CT molecular complexity index is 934. The van der Waals surface area contributed by atoms with E-state index < -0.39 is 40.7 Å². The van der Waals surface area contributed by atoms with E-state index in [-0.39, 0.29) is 14.9 Å². The summed E-state index contributed by atoms with van der Waals surface area (Å²) in [6.07, 6.45) is 5.93. The summed E-state index contributed by atoms with van der Waals surface area (Å²) in [5.41, 5.74) is 1.30. The summed E-state index contributed by atoms with van der Waals surface area (Å²) < 4.78 is 32.0. The minimum absolute atomic E-state index is 0.0152. The van der Waals surface area contributed by atoms with E-state index in [4.69, 9.17) is 27.9 Å². The number of sulfonamides is 1. The van der Waals surface area contributed by atoms with E-state index in [0.717, 1.165) is 31.7 Å². The molecule has 0 saturated carbocycles. The van der Waals surface area contributed by atoms with Crippen molar-refractivity contribution in [2.45, 2.75) is 56.1 Å². The molecule has 1 aliphatic carbocycles. The van der Waals surface area contributed by atoms with Gasteiger partial charge in [-0.15, -0.1) is 0 Å². The summed E-state index contributed by atoms with van der Waals surface area (Å²) in [4.78, 5) is 24.0. The van der Waals surface area contributed by atoms with Gasteiger partial charge in [0, 0.05) is 6.54 Å². The van der Waals surface area contributed by atoms with Crippen LogP contribution in [0.5, 0.6) is 0 Å². The number of allylic oxidation sites excluding steroid dienone is 1. The van der Waals surface area contributed by atoms with Gasteiger partial charge in [-0.05, 0) is 57.2 Å². The molecule has 0 fully saturated rings. The highest BCUT2D eigenvalue weighted by Gasteiger charge is 2.31. The maximum Gasteiger partial charge on any atom is 0.327 e. The minimum Gasteiger partial charge on any atom is -0.454 e.